The fraction of sp³-hybridized carbons (Fsp3) is 0.467. The fourth-order valence-electron chi connectivity index (χ4n) is 2.99. The molecule has 3 heterocycles. The minimum absolute atomic E-state index is 0.114. The number of halogens is 3. The van der Waals surface area contributed by atoms with E-state index in [0.717, 1.165) is 0 Å². The Morgan fingerprint density at radius 2 is 1.96 bits per heavy atom. The Morgan fingerprint density at radius 1 is 1.23 bits per heavy atom. The van der Waals surface area contributed by atoms with Crippen molar-refractivity contribution >= 4 is 26.8 Å². The molecule has 0 amide bonds. The summed E-state index contributed by atoms with van der Waals surface area (Å²) in [5.41, 5.74) is 2.30. The highest BCUT2D eigenvalue weighted by Crippen LogP contribution is 2.18. The van der Waals surface area contributed by atoms with E-state index in [0.29, 0.717) is 41.9 Å². The molecule has 0 aliphatic rings. The molecule has 7 nitrogen and oxygen atoms in total. The maximum Gasteiger partial charge on any atom is 0.404 e. The maximum absolute atomic E-state index is 12.6. The van der Waals surface area contributed by atoms with Crippen LogP contribution < -0.4 is 10.3 Å². The summed E-state index contributed by atoms with van der Waals surface area (Å²) >= 11 is 0. The largest absolute Gasteiger partial charge is 0.404 e. The molecule has 0 aliphatic heterocycles. The lowest BCUT2D eigenvalue weighted by Crippen LogP contribution is -2.34. The number of sulfonamides is 1. The normalized spacial score (nSPS) is 13.2. The van der Waals surface area contributed by atoms with Gasteiger partial charge in [0.05, 0.1) is 5.69 Å². The van der Waals surface area contributed by atoms with Crippen molar-refractivity contribution in [2.75, 3.05) is 12.3 Å². The molecule has 3 aromatic rings. The number of pyridine rings is 1. The predicted octanol–water partition coefficient (Wildman–Crippen LogP) is 1.66. The van der Waals surface area contributed by atoms with Gasteiger partial charge in [-0.2, -0.15) is 13.2 Å². The van der Waals surface area contributed by atoms with Crippen molar-refractivity contribution < 1.29 is 21.6 Å². The van der Waals surface area contributed by atoms with E-state index in [9.17, 15) is 26.4 Å². The smallest absolute Gasteiger partial charge is 0.292 e. The zero-order chi connectivity index (χ0) is 19.1. The van der Waals surface area contributed by atoms with E-state index in [1.807, 2.05) is 4.72 Å². The second-order valence-corrected chi connectivity index (χ2v) is 7.86. The number of imidazole rings is 2. The first kappa shape index (κ1) is 18.6. The van der Waals surface area contributed by atoms with Crippen molar-refractivity contribution in [3.05, 3.63) is 34.2 Å². The fourth-order valence-corrected chi connectivity index (χ4v) is 3.98. The van der Waals surface area contributed by atoms with Crippen LogP contribution in [0.4, 0.5) is 13.2 Å². The molecule has 11 heteroatoms. The van der Waals surface area contributed by atoms with Gasteiger partial charge in [0, 0.05) is 13.1 Å². The second-order valence-electron chi connectivity index (χ2n) is 6.06. The number of unbranched alkanes of at least 4 members (excludes halogenated alkanes) is 1. The number of nitrogens with one attached hydrogen (secondary N) is 1. The van der Waals surface area contributed by atoms with Gasteiger partial charge in [-0.15, -0.1) is 0 Å². The Hall–Kier alpha value is -2.14. The van der Waals surface area contributed by atoms with Crippen LogP contribution >= 0.6 is 0 Å². The molecule has 0 fully saturated rings. The monoisotopic (exact) mass is 390 g/mol. The third kappa shape index (κ3) is 3.68. The summed E-state index contributed by atoms with van der Waals surface area (Å²) in [5, 5.41) is 0. The van der Waals surface area contributed by atoms with Crippen molar-refractivity contribution in [1.82, 2.24) is 18.7 Å². The van der Waals surface area contributed by atoms with Crippen LogP contribution in [-0.4, -0.2) is 40.8 Å². The van der Waals surface area contributed by atoms with Crippen molar-refractivity contribution in [2.45, 2.75) is 32.5 Å². The van der Waals surface area contributed by atoms with Gasteiger partial charge >= 0.3 is 6.18 Å². The highest BCUT2D eigenvalue weighted by Gasteiger charge is 2.34. The Morgan fingerprint density at radius 3 is 2.65 bits per heavy atom. The minimum atomic E-state index is -4.77. The highest BCUT2D eigenvalue weighted by molar-refractivity contribution is 7.89. The number of nitrogens with zero attached hydrogens (tertiary/aromatic N) is 3. The molecule has 0 spiro atoms. The molecule has 0 aromatic carbocycles. The number of rotatable bonds is 7. The van der Waals surface area contributed by atoms with Crippen molar-refractivity contribution in [3.8, 4) is 0 Å². The quantitative estimate of drug-likeness (QED) is 0.622. The lowest BCUT2D eigenvalue weighted by molar-refractivity contribution is -0.106. The maximum atomic E-state index is 12.6. The Kier molecular flexibility index (Phi) is 4.69. The van der Waals surface area contributed by atoms with Gasteiger partial charge in [0.15, 0.2) is 5.75 Å². The number of alkyl halides is 3. The molecule has 3 rings (SSSR count). The lowest BCUT2D eigenvalue weighted by Gasteiger charge is -2.09. The van der Waals surface area contributed by atoms with E-state index in [1.165, 1.54) is 0 Å². The Labute approximate surface area is 146 Å². The summed E-state index contributed by atoms with van der Waals surface area (Å²) in [6.07, 6.45) is -4.03. The van der Waals surface area contributed by atoms with Crippen LogP contribution in [0.15, 0.2) is 23.0 Å². The zero-order valence-electron chi connectivity index (χ0n) is 13.9. The molecule has 26 heavy (non-hydrogen) atoms. The summed E-state index contributed by atoms with van der Waals surface area (Å²) in [6.45, 7) is 1.97. The van der Waals surface area contributed by atoms with E-state index >= 15 is 0 Å². The SMILES string of the molecule is Cc1nc2cccc3n(CCCCNS(=O)(=O)CC(F)(F)F)c(=O)c1n23. The van der Waals surface area contributed by atoms with Gasteiger partial charge in [-0.3, -0.25) is 13.8 Å². The average molecular weight is 390 g/mol. The van der Waals surface area contributed by atoms with E-state index in [2.05, 4.69) is 4.98 Å². The van der Waals surface area contributed by atoms with Crippen LogP contribution in [0, 0.1) is 6.92 Å². The van der Waals surface area contributed by atoms with E-state index in [1.54, 1.807) is 34.1 Å². The molecule has 0 bridgehead atoms. The Balaban J connectivity index is 1.64. The van der Waals surface area contributed by atoms with E-state index < -0.39 is 22.0 Å². The third-order valence-corrected chi connectivity index (χ3v) is 5.36. The number of aromatic nitrogens is 3. The van der Waals surface area contributed by atoms with Crippen molar-refractivity contribution in [2.24, 2.45) is 0 Å². The lowest BCUT2D eigenvalue weighted by atomic mass is 10.3. The van der Waals surface area contributed by atoms with Crippen LogP contribution in [0.2, 0.25) is 0 Å². The molecule has 0 aliphatic carbocycles. The molecule has 0 saturated heterocycles. The van der Waals surface area contributed by atoms with Gasteiger partial charge in [0.2, 0.25) is 10.0 Å². The average Bonchev–Trinajstić information content (AvgIpc) is 2.97. The third-order valence-electron chi connectivity index (χ3n) is 4.01. The molecule has 0 unspecified atom stereocenters. The summed E-state index contributed by atoms with van der Waals surface area (Å²) in [5.74, 6) is -1.89. The van der Waals surface area contributed by atoms with Gasteiger partial charge in [-0.25, -0.2) is 18.1 Å². The number of hydrogen-bond acceptors (Lipinski definition) is 4. The summed E-state index contributed by atoms with van der Waals surface area (Å²) in [6, 6.07) is 5.37. The molecular formula is C15H17F3N4O3S. The van der Waals surface area contributed by atoms with Crippen LogP contribution in [0.25, 0.3) is 16.8 Å². The standard InChI is InChI=1S/C15H17F3N4O3S/c1-10-13-14(23)21(12-6-4-5-11(20-10)22(12)13)8-3-2-7-19-26(24,25)9-15(16,17)18/h4-6,19H,2-3,7-9H2,1H3. The molecule has 0 atom stereocenters. The van der Waals surface area contributed by atoms with Gasteiger partial charge in [0.1, 0.15) is 16.8 Å². The summed E-state index contributed by atoms with van der Waals surface area (Å²) in [4.78, 5) is 16.9. The topological polar surface area (TPSA) is 85.5 Å². The van der Waals surface area contributed by atoms with E-state index in [4.69, 9.17) is 0 Å². The second kappa shape index (κ2) is 6.54. The van der Waals surface area contributed by atoms with Gasteiger partial charge < -0.3 is 0 Å². The van der Waals surface area contributed by atoms with Gasteiger partial charge in [-0.05, 0) is 31.9 Å². The minimum Gasteiger partial charge on any atom is -0.292 e. The van der Waals surface area contributed by atoms with Crippen LogP contribution in [0.3, 0.4) is 0 Å². The summed E-state index contributed by atoms with van der Waals surface area (Å²) in [7, 11) is -4.39. The Bertz CT molecular complexity index is 1090. The first-order valence-electron chi connectivity index (χ1n) is 7.93. The van der Waals surface area contributed by atoms with Crippen molar-refractivity contribution in [3.63, 3.8) is 0 Å². The number of aryl methyl sites for hydroxylation is 2. The van der Waals surface area contributed by atoms with Crippen molar-refractivity contribution in [1.29, 1.82) is 0 Å². The van der Waals surface area contributed by atoms with Gasteiger partial charge in [-0.1, -0.05) is 6.07 Å². The zero-order valence-corrected chi connectivity index (χ0v) is 14.7. The summed E-state index contributed by atoms with van der Waals surface area (Å²) < 4.78 is 64.3. The first-order chi connectivity index (χ1) is 12.1. The molecule has 142 valence electrons. The van der Waals surface area contributed by atoms with E-state index in [-0.39, 0.29) is 12.1 Å². The predicted molar refractivity (Wildman–Crippen MR) is 90.0 cm³/mol. The highest BCUT2D eigenvalue weighted by atomic mass is 32.2. The molecule has 0 radical (unpaired) electrons. The van der Waals surface area contributed by atoms with Crippen LogP contribution in [0.1, 0.15) is 18.5 Å². The first-order valence-corrected chi connectivity index (χ1v) is 9.58. The van der Waals surface area contributed by atoms with Crippen LogP contribution in [-0.2, 0) is 16.6 Å². The molecule has 0 saturated carbocycles. The molecule has 1 N–H and O–H groups in total. The molecule has 3 aromatic heterocycles. The van der Waals surface area contributed by atoms with Gasteiger partial charge in [0.25, 0.3) is 5.56 Å². The molecular weight excluding hydrogens is 373 g/mol. The van der Waals surface area contributed by atoms with Crippen LogP contribution in [0.5, 0.6) is 0 Å². The number of hydrogen-bond donors (Lipinski definition) is 1.